The van der Waals surface area contributed by atoms with Crippen LogP contribution in [0.2, 0.25) is 0 Å². The molecular formula is C15H26N2O3. The molecule has 0 aromatic carbocycles. The molecule has 0 radical (unpaired) electrons. The number of carbonyl (C=O) groups is 2. The Morgan fingerprint density at radius 2 is 1.80 bits per heavy atom. The van der Waals surface area contributed by atoms with E-state index < -0.39 is 5.97 Å². The molecule has 0 saturated heterocycles. The second-order valence-electron chi connectivity index (χ2n) is 6.24. The summed E-state index contributed by atoms with van der Waals surface area (Å²) in [5, 5.41) is 14.7. The van der Waals surface area contributed by atoms with Gasteiger partial charge in [-0.15, -0.1) is 0 Å². The minimum atomic E-state index is -0.744. The number of hydrogen-bond donors (Lipinski definition) is 3. The lowest BCUT2D eigenvalue weighted by molar-refractivity contribution is -0.141. The number of nitrogens with one attached hydrogen (secondary N) is 2. The van der Waals surface area contributed by atoms with Crippen molar-refractivity contribution in [3.8, 4) is 0 Å². The number of carboxylic acid groups (broad SMARTS) is 1. The Balaban J connectivity index is 1.57. The van der Waals surface area contributed by atoms with Gasteiger partial charge < -0.3 is 15.7 Å². The van der Waals surface area contributed by atoms with Crippen LogP contribution in [-0.2, 0) is 4.79 Å². The third-order valence-electron chi connectivity index (χ3n) is 4.68. The molecule has 5 heteroatoms. The third kappa shape index (κ3) is 4.69. The van der Waals surface area contributed by atoms with Gasteiger partial charge in [-0.3, -0.25) is 4.79 Å². The maximum Gasteiger partial charge on any atom is 0.315 e. The molecule has 0 bridgehead atoms. The van der Waals surface area contributed by atoms with Gasteiger partial charge in [-0.25, -0.2) is 4.79 Å². The first-order chi connectivity index (χ1) is 9.65. The second kappa shape index (κ2) is 7.50. The number of aliphatic carboxylic acids is 1. The Morgan fingerprint density at radius 1 is 1.05 bits per heavy atom. The lowest BCUT2D eigenvalue weighted by Gasteiger charge is -2.21. The highest BCUT2D eigenvalue weighted by molar-refractivity contribution is 5.75. The Kier molecular flexibility index (Phi) is 5.68. The molecule has 2 aliphatic carbocycles. The summed E-state index contributed by atoms with van der Waals surface area (Å²) in [4.78, 5) is 22.6. The highest BCUT2D eigenvalue weighted by Crippen LogP contribution is 2.26. The minimum Gasteiger partial charge on any atom is -0.481 e. The van der Waals surface area contributed by atoms with Crippen molar-refractivity contribution in [1.82, 2.24) is 10.6 Å². The van der Waals surface area contributed by atoms with E-state index in [1.165, 1.54) is 32.1 Å². The first-order valence-electron chi connectivity index (χ1n) is 7.92. The van der Waals surface area contributed by atoms with E-state index in [0.29, 0.717) is 12.8 Å². The average molecular weight is 282 g/mol. The largest absolute Gasteiger partial charge is 0.481 e. The van der Waals surface area contributed by atoms with Gasteiger partial charge in [0.15, 0.2) is 0 Å². The number of hydrogen-bond acceptors (Lipinski definition) is 2. The van der Waals surface area contributed by atoms with Crippen molar-refractivity contribution >= 4 is 12.0 Å². The fourth-order valence-electron chi connectivity index (χ4n) is 3.44. The number of carboxylic acids is 1. The molecule has 5 nitrogen and oxygen atoms in total. The van der Waals surface area contributed by atoms with Gasteiger partial charge in [0.2, 0.25) is 0 Å². The molecule has 2 aliphatic rings. The van der Waals surface area contributed by atoms with E-state index in [1.54, 1.807) is 0 Å². The van der Waals surface area contributed by atoms with E-state index in [1.807, 2.05) is 0 Å². The summed E-state index contributed by atoms with van der Waals surface area (Å²) >= 11 is 0. The molecule has 2 rings (SSSR count). The lowest BCUT2D eigenvalue weighted by Crippen LogP contribution is -2.41. The zero-order valence-electron chi connectivity index (χ0n) is 12.1. The van der Waals surface area contributed by atoms with Gasteiger partial charge in [0, 0.05) is 12.6 Å². The van der Waals surface area contributed by atoms with Crippen LogP contribution < -0.4 is 10.6 Å². The van der Waals surface area contributed by atoms with Crippen molar-refractivity contribution < 1.29 is 14.7 Å². The van der Waals surface area contributed by atoms with E-state index in [-0.39, 0.29) is 18.0 Å². The van der Waals surface area contributed by atoms with Crippen molar-refractivity contribution in [1.29, 1.82) is 0 Å². The fourth-order valence-corrected chi connectivity index (χ4v) is 3.44. The predicted octanol–water partition coefficient (Wildman–Crippen LogP) is 2.51. The van der Waals surface area contributed by atoms with Gasteiger partial charge >= 0.3 is 12.0 Å². The summed E-state index contributed by atoms with van der Waals surface area (Å²) in [5.41, 5.74) is 0. The molecule has 20 heavy (non-hydrogen) atoms. The normalized spacial score (nSPS) is 27.2. The average Bonchev–Trinajstić information content (AvgIpc) is 2.88. The van der Waals surface area contributed by atoms with Crippen LogP contribution >= 0.6 is 0 Å². The Hall–Kier alpha value is -1.26. The van der Waals surface area contributed by atoms with Gasteiger partial charge in [0.05, 0.1) is 5.92 Å². The molecule has 2 amide bonds. The summed E-state index contributed by atoms with van der Waals surface area (Å²) in [5.74, 6) is -0.263. The molecule has 2 saturated carbocycles. The summed E-state index contributed by atoms with van der Waals surface area (Å²) in [6.45, 7) is 0.728. The van der Waals surface area contributed by atoms with Crippen LogP contribution in [0.15, 0.2) is 0 Å². The van der Waals surface area contributed by atoms with Crippen molar-refractivity contribution in [2.45, 2.75) is 63.8 Å². The maximum absolute atomic E-state index is 11.7. The molecule has 2 fully saturated rings. The van der Waals surface area contributed by atoms with Crippen molar-refractivity contribution in [2.75, 3.05) is 6.54 Å². The van der Waals surface area contributed by atoms with Gasteiger partial charge in [-0.1, -0.05) is 32.1 Å². The number of amides is 2. The van der Waals surface area contributed by atoms with Crippen LogP contribution in [0.4, 0.5) is 4.79 Å². The molecule has 0 aromatic heterocycles. The Bertz CT molecular complexity index is 340. The Morgan fingerprint density at radius 3 is 2.45 bits per heavy atom. The van der Waals surface area contributed by atoms with Gasteiger partial charge in [-0.05, 0) is 31.6 Å². The lowest BCUT2D eigenvalue weighted by atomic mass is 9.87. The fraction of sp³-hybridized carbons (Fsp3) is 0.867. The van der Waals surface area contributed by atoms with Crippen LogP contribution in [0.5, 0.6) is 0 Å². The van der Waals surface area contributed by atoms with Gasteiger partial charge in [0.25, 0.3) is 0 Å². The number of urea groups is 1. The topological polar surface area (TPSA) is 78.4 Å². The SMILES string of the molecule is O=C(NCCC1CCCCC1)NC1CCC(C(=O)O)C1. The molecule has 0 aromatic rings. The second-order valence-corrected chi connectivity index (χ2v) is 6.24. The zero-order valence-corrected chi connectivity index (χ0v) is 12.1. The van der Waals surface area contributed by atoms with Crippen molar-refractivity contribution in [3.63, 3.8) is 0 Å². The van der Waals surface area contributed by atoms with Crippen molar-refractivity contribution in [2.24, 2.45) is 11.8 Å². The molecule has 0 aliphatic heterocycles. The maximum atomic E-state index is 11.7. The summed E-state index contributed by atoms with van der Waals surface area (Å²) in [6, 6.07) is -0.123. The van der Waals surface area contributed by atoms with Crippen LogP contribution in [0.25, 0.3) is 0 Å². The molecule has 0 spiro atoms. The van der Waals surface area contributed by atoms with E-state index in [4.69, 9.17) is 5.11 Å². The standard InChI is InChI=1S/C15H26N2O3/c18-14(19)12-6-7-13(10-12)17-15(20)16-9-8-11-4-2-1-3-5-11/h11-13H,1-10H2,(H,18,19)(H2,16,17,20). The van der Waals surface area contributed by atoms with Crippen LogP contribution in [0.3, 0.4) is 0 Å². The van der Waals surface area contributed by atoms with Gasteiger partial charge in [0.1, 0.15) is 0 Å². The van der Waals surface area contributed by atoms with Crippen LogP contribution in [0.1, 0.15) is 57.8 Å². The van der Waals surface area contributed by atoms with Crippen molar-refractivity contribution in [3.05, 3.63) is 0 Å². The monoisotopic (exact) mass is 282 g/mol. The zero-order chi connectivity index (χ0) is 14.4. The van der Waals surface area contributed by atoms with Crippen LogP contribution in [-0.4, -0.2) is 29.7 Å². The van der Waals surface area contributed by atoms with Crippen LogP contribution in [0, 0.1) is 11.8 Å². The smallest absolute Gasteiger partial charge is 0.315 e. The highest BCUT2D eigenvalue weighted by Gasteiger charge is 2.30. The van der Waals surface area contributed by atoms with Gasteiger partial charge in [-0.2, -0.15) is 0 Å². The first-order valence-corrected chi connectivity index (χ1v) is 7.92. The number of rotatable bonds is 5. The quantitative estimate of drug-likeness (QED) is 0.725. The highest BCUT2D eigenvalue weighted by atomic mass is 16.4. The first kappa shape index (κ1) is 15.1. The number of carbonyl (C=O) groups excluding carboxylic acids is 1. The summed E-state index contributed by atoms with van der Waals surface area (Å²) in [7, 11) is 0. The molecule has 2 atom stereocenters. The molecule has 114 valence electrons. The van der Waals surface area contributed by atoms with E-state index in [9.17, 15) is 9.59 Å². The van der Waals surface area contributed by atoms with E-state index in [0.717, 1.165) is 25.3 Å². The Labute approximate surface area is 120 Å². The summed E-state index contributed by atoms with van der Waals surface area (Å²) < 4.78 is 0. The summed E-state index contributed by atoms with van der Waals surface area (Å²) in [6.07, 6.45) is 9.68. The minimum absolute atomic E-state index is 0.0192. The molecule has 3 N–H and O–H groups in total. The third-order valence-corrected chi connectivity index (χ3v) is 4.68. The molecule has 0 heterocycles. The predicted molar refractivity (Wildman–Crippen MR) is 76.5 cm³/mol. The molecule has 2 unspecified atom stereocenters. The van der Waals surface area contributed by atoms with E-state index >= 15 is 0 Å². The van der Waals surface area contributed by atoms with E-state index in [2.05, 4.69) is 10.6 Å². The molecular weight excluding hydrogens is 256 g/mol.